The van der Waals surface area contributed by atoms with Crippen LogP contribution in [0, 0.1) is 13.8 Å². The lowest BCUT2D eigenvalue weighted by Gasteiger charge is -2.17. The van der Waals surface area contributed by atoms with Gasteiger partial charge in [-0.3, -0.25) is 0 Å². The lowest BCUT2D eigenvalue weighted by atomic mass is 9.92. The van der Waals surface area contributed by atoms with Crippen LogP contribution in [0.5, 0.6) is 11.5 Å². The molecule has 0 amide bonds. The molecule has 0 atom stereocenters. The minimum Gasteiger partial charge on any atom is -0.507 e. The maximum Gasteiger partial charge on any atom is 0.131 e. The highest BCUT2D eigenvalue weighted by Gasteiger charge is 2.19. The summed E-state index contributed by atoms with van der Waals surface area (Å²) in [4.78, 5) is 2.27. The number of phenolic OH excluding ortho intramolecular Hbond substituents is 2. The average Bonchev–Trinajstić information content (AvgIpc) is 3.18. The van der Waals surface area contributed by atoms with Crippen molar-refractivity contribution in [2.75, 3.05) is 11.5 Å². The molecule has 0 saturated carbocycles. The molecule has 0 aliphatic rings. The second-order valence-corrected chi connectivity index (χ2v) is 15.4. The number of benzene rings is 8. The topological polar surface area (TPSA) is 40.5 Å². The molecular formula is C48H38O2S2. The van der Waals surface area contributed by atoms with E-state index in [2.05, 4.69) is 147 Å². The van der Waals surface area contributed by atoms with E-state index in [1.54, 1.807) is 23.5 Å². The van der Waals surface area contributed by atoms with E-state index in [1.165, 1.54) is 0 Å². The summed E-state index contributed by atoms with van der Waals surface area (Å²) in [5.74, 6) is 2.36. The van der Waals surface area contributed by atoms with Crippen LogP contribution in [0.1, 0.15) is 11.1 Å². The maximum absolute atomic E-state index is 11.8. The van der Waals surface area contributed by atoms with E-state index >= 15 is 0 Å². The molecule has 0 aliphatic carbocycles. The van der Waals surface area contributed by atoms with Gasteiger partial charge < -0.3 is 10.2 Å². The van der Waals surface area contributed by atoms with Crippen molar-refractivity contribution in [2.45, 2.75) is 23.6 Å². The first-order chi connectivity index (χ1) is 25.5. The van der Waals surface area contributed by atoms with Crippen LogP contribution in [-0.4, -0.2) is 21.7 Å². The standard InChI is InChI=1S/C48H38O2S2/c1-31-27-41(37-21-11-15-33-13-3-5-17-35(33)37)47(49)43(29-31)39-19-7-9-23-45(39)51-25-26-52-46-24-10-8-20-40(46)44-30-32(2)28-42(48(44)50)38-22-12-16-34-14-4-6-18-36(34)38/h3-24,27-30,49-50H,25-26H2,1-2H3. The molecule has 254 valence electrons. The zero-order valence-electron chi connectivity index (χ0n) is 29.1. The third-order valence-electron chi connectivity index (χ3n) is 9.62. The van der Waals surface area contributed by atoms with E-state index in [-0.39, 0.29) is 0 Å². The molecule has 0 aliphatic heterocycles. The number of aryl methyl sites for hydroxylation is 2. The molecule has 52 heavy (non-hydrogen) atoms. The van der Waals surface area contributed by atoms with Gasteiger partial charge >= 0.3 is 0 Å². The average molecular weight is 711 g/mol. The summed E-state index contributed by atoms with van der Waals surface area (Å²) < 4.78 is 0. The van der Waals surface area contributed by atoms with Crippen molar-refractivity contribution in [3.63, 3.8) is 0 Å². The summed E-state index contributed by atoms with van der Waals surface area (Å²) in [5.41, 5.74) is 9.73. The number of hydrogen-bond donors (Lipinski definition) is 2. The SMILES string of the molecule is Cc1cc(-c2ccccc2SCCSc2ccccc2-c2cc(C)cc(-c3cccc4ccccc34)c2O)c(O)c(-c2cccc3ccccc23)c1. The molecule has 0 saturated heterocycles. The maximum atomic E-state index is 11.8. The van der Waals surface area contributed by atoms with E-state index in [1.807, 2.05) is 24.3 Å². The molecule has 0 aromatic heterocycles. The summed E-state index contributed by atoms with van der Waals surface area (Å²) in [6, 6.07) is 54.3. The highest BCUT2D eigenvalue weighted by molar-refractivity contribution is 8.03. The van der Waals surface area contributed by atoms with Crippen LogP contribution in [0.4, 0.5) is 0 Å². The molecule has 0 radical (unpaired) electrons. The Hall–Kier alpha value is -5.42. The van der Waals surface area contributed by atoms with E-state index in [9.17, 15) is 10.2 Å². The zero-order valence-corrected chi connectivity index (χ0v) is 30.8. The molecule has 0 spiro atoms. The molecule has 8 rings (SSSR count). The first-order valence-electron chi connectivity index (χ1n) is 17.5. The van der Waals surface area contributed by atoms with Gasteiger partial charge in [0.15, 0.2) is 0 Å². The summed E-state index contributed by atoms with van der Waals surface area (Å²) >= 11 is 3.61. The minimum absolute atomic E-state index is 0.305. The first-order valence-corrected chi connectivity index (χ1v) is 19.5. The fourth-order valence-corrected chi connectivity index (χ4v) is 9.36. The Bertz CT molecular complexity index is 2400. The van der Waals surface area contributed by atoms with Crippen molar-refractivity contribution in [1.82, 2.24) is 0 Å². The van der Waals surface area contributed by atoms with Crippen molar-refractivity contribution in [1.29, 1.82) is 0 Å². The third kappa shape index (κ3) is 6.56. The van der Waals surface area contributed by atoms with Gasteiger partial charge in [0.05, 0.1) is 0 Å². The normalized spacial score (nSPS) is 11.3. The van der Waals surface area contributed by atoms with E-state index in [0.29, 0.717) is 11.5 Å². The van der Waals surface area contributed by atoms with Crippen molar-refractivity contribution >= 4 is 45.1 Å². The molecule has 0 fully saturated rings. The fourth-order valence-electron chi connectivity index (χ4n) is 7.23. The van der Waals surface area contributed by atoms with Crippen molar-refractivity contribution in [3.8, 4) is 56.0 Å². The van der Waals surface area contributed by atoms with Gasteiger partial charge in [0.2, 0.25) is 0 Å². The van der Waals surface area contributed by atoms with Gasteiger partial charge in [-0.25, -0.2) is 0 Å². The summed E-state index contributed by atoms with van der Waals surface area (Å²) in [6.07, 6.45) is 0. The van der Waals surface area contributed by atoms with Gasteiger partial charge in [-0.05, 0) is 105 Å². The van der Waals surface area contributed by atoms with Crippen molar-refractivity contribution < 1.29 is 10.2 Å². The fraction of sp³-hybridized carbons (Fsp3) is 0.0833. The van der Waals surface area contributed by atoms with Crippen molar-refractivity contribution in [3.05, 3.63) is 169 Å². The molecule has 4 heteroatoms. The Morgan fingerprint density at radius 1 is 0.365 bits per heavy atom. The number of phenols is 2. The summed E-state index contributed by atoms with van der Waals surface area (Å²) in [6.45, 7) is 4.19. The van der Waals surface area contributed by atoms with Crippen molar-refractivity contribution in [2.24, 2.45) is 0 Å². The summed E-state index contributed by atoms with van der Waals surface area (Å²) in [5, 5.41) is 28.2. The lowest BCUT2D eigenvalue weighted by molar-refractivity contribution is 0.478. The third-order valence-corrected chi connectivity index (χ3v) is 12.0. The first kappa shape index (κ1) is 33.7. The van der Waals surface area contributed by atoms with Crippen LogP contribution in [-0.2, 0) is 0 Å². The van der Waals surface area contributed by atoms with E-state index in [0.717, 1.165) is 98.5 Å². The quantitative estimate of drug-likeness (QED) is 0.116. The Kier molecular flexibility index (Phi) is 9.51. The highest BCUT2D eigenvalue weighted by Crippen LogP contribution is 2.46. The molecule has 0 unspecified atom stereocenters. The molecule has 0 heterocycles. The Morgan fingerprint density at radius 3 is 1.13 bits per heavy atom. The summed E-state index contributed by atoms with van der Waals surface area (Å²) in [7, 11) is 0. The van der Waals surface area contributed by atoms with Gasteiger partial charge in [0, 0.05) is 43.6 Å². The molecule has 8 aromatic carbocycles. The van der Waals surface area contributed by atoms with Crippen LogP contribution in [0.25, 0.3) is 66.1 Å². The van der Waals surface area contributed by atoms with E-state index < -0.39 is 0 Å². The number of thioether (sulfide) groups is 2. The number of aromatic hydroxyl groups is 2. The Morgan fingerprint density at radius 2 is 0.692 bits per heavy atom. The van der Waals surface area contributed by atoms with Gasteiger partial charge in [0.1, 0.15) is 11.5 Å². The molecular weight excluding hydrogens is 673 g/mol. The smallest absolute Gasteiger partial charge is 0.131 e. The molecule has 8 aromatic rings. The second-order valence-electron chi connectivity index (χ2n) is 13.2. The predicted octanol–water partition coefficient (Wildman–Crippen LogP) is 13.6. The van der Waals surface area contributed by atoms with Crippen LogP contribution < -0.4 is 0 Å². The van der Waals surface area contributed by atoms with Crippen LogP contribution in [0.3, 0.4) is 0 Å². The Balaban J connectivity index is 1.05. The second kappa shape index (κ2) is 14.7. The van der Waals surface area contributed by atoms with E-state index in [4.69, 9.17) is 0 Å². The lowest BCUT2D eigenvalue weighted by Crippen LogP contribution is -1.92. The molecule has 2 nitrogen and oxygen atoms in total. The van der Waals surface area contributed by atoms with Gasteiger partial charge in [-0.2, -0.15) is 0 Å². The number of rotatable bonds is 9. The monoisotopic (exact) mass is 710 g/mol. The van der Waals surface area contributed by atoms with Gasteiger partial charge in [-0.15, -0.1) is 23.5 Å². The number of fused-ring (bicyclic) bond motifs is 2. The van der Waals surface area contributed by atoms with Gasteiger partial charge in [0.25, 0.3) is 0 Å². The van der Waals surface area contributed by atoms with Crippen LogP contribution >= 0.6 is 23.5 Å². The van der Waals surface area contributed by atoms with Crippen LogP contribution in [0.2, 0.25) is 0 Å². The highest BCUT2D eigenvalue weighted by atomic mass is 32.2. The van der Waals surface area contributed by atoms with Crippen LogP contribution in [0.15, 0.2) is 168 Å². The minimum atomic E-state index is 0.305. The molecule has 2 N–H and O–H groups in total. The Labute approximate surface area is 313 Å². The number of hydrogen-bond acceptors (Lipinski definition) is 4. The zero-order chi connectivity index (χ0) is 35.6. The molecule has 0 bridgehead atoms. The van der Waals surface area contributed by atoms with Gasteiger partial charge in [-0.1, -0.05) is 121 Å². The predicted molar refractivity (Wildman–Crippen MR) is 224 cm³/mol. The largest absolute Gasteiger partial charge is 0.507 e.